The van der Waals surface area contributed by atoms with E-state index < -0.39 is 5.97 Å². The Balaban J connectivity index is 2.29. The Bertz CT molecular complexity index is 785. The maximum absolute atomic E-state index is 12.6. The molecule has 1 amide bonds. The molecule has 6 nitrogen and oxygen atoms in total. The van der Waals surface area contributed by atoms with Gasteiger partial charge in [-0.25, -0.2) is 4.79 Å². The quantitative estimate of drug-likeness (QED) is 0.899. The van der Waals surface area contributed by atoms with Crippen LogP contribution in [0.4, 0.5) is 5.69 Å². The van der Waals surface area contributed by atoms with Gasteiger partial charge in [0.25, 0.3) is 5.91 Å². The Kier molecular flexibility index (Phi) is 4.78. The minimum atomic E-state index is -0.981. The maximum atomic E-state index is 12.6. The van der Waals surface area contributed by atoms with Crippen molar-refractivity contribution < 1.29 is 14.7 Å². The summed E-state index contributed by atoms with van der Waals surface area (Å²) in [5.74, 6) is -1.23. The summed E-state index contributed by atoms with van der Waals surface area (Å²) >= 11 is 0. The fourth-order valence-corrected chi connectivity index (χ4v) is 2.66. The summed E-state index contributed by atoms with van der Waals surface area (Å²) in [7, 11) is 0. The molecule has 0 unspecified atom stereocenters. The van der Waals surface area contributed by atoms with Crippen LogP contribution in [0.2, 0.25) is 0 Å². The summed E-state index contributed by atoms with van der Waals surface area (Å²) in [4.78, 5) is 23.6. The van der Waals surface area contributed by atoms with Crippen molar-refractivity contribution in [3.05, 3.63) is 46.8 Å². The minimum absolute atomic E-state index is 0.205. The van der Waals surface area contributed by atoms with Crippen molar-refractivity contribution in [2.75, 3.05) is 5.32 Å². The minimum Gasteiger partial charge on any atom is -0.478 e. The molecular formula is C18H23N3O3. The molecular weight excluding hydrogens is 306 g/mol. The average molecular weight is 329 g/mol. The van der Waals surface area contributed by atoms with Crippen molar-refractivity contribution in [3.8, 4) is 0 Å². The SMILES string of the molecule is CCc1c(C(=O)Nc2ccc(C(=O)O)c(C)c2)cnn1C(C)(C)C. The molecule has 1 heterocycles. The maximum Gasteiger partial charge on any atom is 0.335 e. The highest BCUT2D eigenvalue weighted by Gasteiger charge is 2.23. The number of hydrogen-bond acceptors (Lipinski definition) is 3. The number of amides is 1. The number of nitrogens with zero attached hydrogens (tertiary/aromatic N) is 2. The number of carbonyl (C=O) groups is 2. The molecule has 128 valence electrons. The molecule has 0 atom stereocenters. The zero-order chi connectivity index (χ0) is 18.1. The van der Waals surface area contributed by atoms with Crippen LogP contribution in [0.15, 0.2) is 24.4 Å². The second kappa shape index (κ2) is 6.47. The van der Waals surface area contributed by atoms with Crippen LogP contribution < -0.4 is 5.32 Å². The molecule has 0 aliphatic rings. The number of nitrogens with one attached hydrogen (secondary N) is 1. The number of aryl methyl sites for hydroxylation is 1. The van der Waals surface area contributed by atoms with Crippen molar-refractivity contribution >= 4 is 17.6 Å². The Morgan fingerprint density at radius 3 is 2.42 bits per heavy atom. The van der Waals surface area contributed by atoms with Crippen LogP contribution in [0.5, 0.6) is 0 Å². The van der Waals surface area contributed by atoms with Crippen molar-refractivity contribution in [2.24, 2.45) is 0 Å². The molecule has 2 rings (SSSR count). The molecule has 0 bridgehead atoms. The van der Waals surface area contributed by atoms with E-state index in [1.165, 1.54) is 6.07 Å². The lowest BCUT2D eigenvalue weighted by Crippen LogP contribution is -2.26. The Morgan fingerprint density at radius 1 is 1.25 bits per heavy atom. The van der Waals surface area contributed by atoms with Gasteiger partial charge in [0.15, 0.2) is 0 Å². The molecule has 0 spiro atoms. The van der Waals surface area contributed by atoms with Crippen LogP contribution >= 0.6 is 0 Å². The van der Waals surface area contributed by atoms with Gasteiger partial charge < -0.3 is 10.4 Å². The van der Waals surface area contributed by atoms with Crippen molar-refractivity contribution in [3.63, 3.8) is 0 Å². The number of carboxylic acids is 1. The lowest BCUT2D eigenvalue weighted by Gasteiger charge is -2.22. The summed E-state index contributed by atoms with van der Waals surface area (Å²) in [6, 6.07) is 4.74. The van der Waals surface area contributed by atoms with Gasteiger partial charge in [0.1, 0.15) is 0 Å². The molecule has 24 heavy (non-hydrogen) atoms. The highest BCUT2D eigenvalue weighted by Crippen LogP contribution is 2.21. The summed E-state index contributed by atoms with van der Waals surface area (Å²) in [5.41, 5.74) is 2.59. The molecule has 1 aromatic heterocycles. The van der Waals surface area contributed by atoms with Crippen LogP contribution in [0.3, 0.4) is 0 Å². The fourth-order valence-electron chi connectivity index (χ4n) is 2.66. The van der Waals surface area contributed by atoms with Gasteiger partial charge in [-0.05, 0) is 57.9 Å². The zero-order valence-corrected chi connectivity index (χ0v) is 14.7. The van der Waals surface area contributed by atoms with E-state index >= 15 is 0 Å². The lowest BCUT2D eigenvalue weighted by molar-refractivity contribution is 0.0696. The number of aromatic nitrogens is 2. The van der Waals surface area contributed by atoms with Gasteiger partial charge in [0, 0.05) is 5.69 Å². The number of carbonyl (C=O) groups excluding carboxylic acids is 1. The fraction of sp³-hybridized carbons (Fsp3) is 0.389. The first kappa shape index (κ1) is 17.7. The largest absolute Gasteiger partial charge is 0.478 e. The molecule has 0 aliphatic carbocycles. The van der Waals surface area contributed by atoms with Crippen molar-refractivity contribution in [1.29, 1.82) is 0 Å². The Labute approximate surface area is 141 Å². The summed E-state index contributed by atoms with van der Waals surface area (Å²) in [6.07, 6.45) is 2.27. The van der Waals surface area contributed by atoms with E-state index in [4.69, 9.17) is 5.11 Å². The number of hydrogen-bond donors (Lipinski definition) is 2. The molecule has 1 aromatic carbocycles. The monoisotopic (exact) mass is 329 g/mol. The van der Waals surface area contributed by atoms with Crippen LogP contribution in [0, 0.1) is 6.92 Å². The molecule has 2 aromatic rings. The zero-order valence-electron chi connectivity index (χ0n) is 14.7. The van der Waals surface area contributed by atoms with E-state index in [-0.39, 0.29) is 17.0 Å². The number of aromatic carboxylic acids is 1. The second-order valence-corrected chi connectivity index (χ2v) is 6.73. The summed E-state index contributed by atoms with van der Waals surface area (Å²) in [5, 5.41) is 16.2. The Morgan fingerprint density at radius 2 is 1.92 bits per heavy atom. The molecule has 2 N–H and O–H groups in total. The van der Waals surface area contributed by atoms with Crippen LogP contribution in [-0.2, 0) is 12.0 Å². The summed E-state index contributed by atoms with van der Waals surface area (Å²) < 4.78 is 1.86. The topological polar surface area (TPSA) is 84.2 Å². The van der Waals surface area contributed by atoms with Gasteiger partial charge in [-0.2, -0.15) is 5.10 Å². The number of anilines is 1. The van der Waals surface area contributed by atoms with Gasteiger partial charge in [-0.1, -0.05) is 6.92 Å². The van der Waals surface area contributed by atoms with Crippen LogP contribution in [0.1, 0.15) is 59.7 Å². The van der Waals surface area contributed by atoms with Crippen LogP contribution in [-0.4, -0.2) is 26.8 Å². The third kappa shape index (κ3) is 3.48. The molecule has 0 radical (unpaired) electrons. The van der Waals surface area contributed by atoms with Crippen LogP contribution in [0.25, 0.3) is 0 Å². The lowest BCUT2D eigenvalue weighted by atomic mass is 10.1. The standard InChI is InChI=1S/C18H23N3O3/c1-6-15-14(10-19-21(15)18(3,4)5)16(22)20-12-7-8-13(17(23)24)11(2)9-12/h7-10H,6H2,1-5H3,(H,20,22)(H,23,24). The van der Waals surface area contributed by atoms with E-state index in [2.05, 4.69) is 10.4 Å². The van der Waals surface area contributed by atoms with Crippen molar-refractivity contribution in [2.45, 2.75) is 46.6 Å². The van der Waals surface area contributed by atoms with Gasteiger partial charge >= 0.3 is 5.97 Å². The average Bonchev–Trinajstić information content (AvgIpc) is 2.90. The highest BCUT2D eigenvalue weighted by molar-refractivity contribution is 6.05. The first-order valence-electron chi connectivity index (χ1n) is 7.87. The molecule has 6 heteroatoms. The van der Waals surface area contributed by atoms with Gasteiger partial charge in [0.05, 0.1) is 28.6 Å². The van der Waals surface area contributed by atoms with E-state index in [0.29, 0.717) is 23.2 Å². The van der Waals surface area contributed by atoms with E-state index in [1.54, 1.807) is 25.3 Å². The van der Waals surface area contributed by atoms with Crippen molar-refractivity contribution in [1.82, 2.24) is 9.78 Å². The third-order valence-electron chi connectivity index (χ3n) is 3.80. The highest BCUT2D eigenvalue weighted by atomic mass is 16.4. The van der Waals surface area contributed by atoms with Gasteiger partial charge in [0.2, 0.25) is 0 Å². The predicted molar refractivity (Wildman–Crippen MR) is 92.7 cm³/mol. The van der Waals surface area contributed by atoms with Gasteiger partial charge in [-0.3, -0.25) is 9.48 Å². The third-order valence-corrected chi connectivity index (χ3v) is 3.80. The second-order valence-electron chi connectivity index (χ2n) is 6.73. The van der Waals surface area contributed by atoms with Gasteiger partial charge in [-0.15, -0.1) is 0 Å². The van der Waals surface area contributed by atoms with E-state index in [0.717, 1.165) is 5.69 Å². The Hall–Kier alpha value is -2.63. The normalized spacial score (nSPS) is 11.4. The number of benzene rings is 1. The first-order chi connectivity index (χ1) is 11.1. The number of rotatable bonds is 4. The number of carboxylic acid groups (broad SMARTS) is 1. The summed E-state index contributed by atoms with van der Waals surface area (Å²) in [6.45, 7) is 9.80. The molecule has 0 saturated carbocycles. The first-order valence-corrected chi connectivity index (χ1v) is 7.87. The molecule has 0 saturated heterocycles. The van der Waals surface area contributed by atoms with E-state index in [9.17, 15) is 9.59 Å². The predicted octanol–water partition coefficient (Wildman–Crippen LogP) is 3.46. The molecule has 0 fully saturated rings. The molecule has 0 aliphatic heterocycles. The van der Waals surface area contributed by atoms with E-state index in [1.807, 2.05) is 32.4 Å². The smallest absolute Gasteiger partial charge is 0.335 e.